The van der Waals surface area contributed by atoms with E-state index < -0.39 is 0 Å². The van der Waals surface area contributed by atoms with E-state index >= 15 is 0 Å². The van der Waals surface area contributed by atoms with Crippen LogP contribution in [0.3, 0.4) is 0 Å². The van der Waals surface area contributed by atoms with Crippen LogP contribution in [0.15, 0.2) is 5.16 Å². The van der Waals surface area contributed by atoms with Crippen molar-refractivity contribution >= 4 is 39.1 Å². The van der Waals surface area contributed by atoms with Crippen molar-refractivity contribution in [1.82, 2.24) is 9.97 Å². The number of thioether (sulfide) groups is 1. The second-order valence-corrected chi connectivity index (χ2v) is 7.01. The summed E-state index contributed by atoms with van der Waals surface area (Å²) in [5, 5.41) is 1.80. The van der Waals surface area contributed by atoms with Gasteiger partial charge in [0.05, 0.1) is 17.6 Å². The van der Waals surface area contributed by atoms with Gasteiger partial charge in [0.2, 0.25) is 0 Å². The van der Waals surface area contributed by atoms with Gasteiger partial charge in [0, 0.05) is 11.3 Å². The van der Waals surface area contributed by atoms with E-state index in [0.29, 0.717) is 6.61 Å². The fraction of sp³-hybridized carbons (Fsp3) is 0.538. The third-order valence-electron chi connectivity index (χ3n) is 3.88. The molecule has 5 nitrogen and oxygen atoms in total. The second kappa shape index (κ2) is 5.14. The highest BCUT2D eigenvalue weighted by Crippen LogP contribution is 2.42. The maximum Gasteiger partial charge on any atom is 0.190 e. The maximum atomic E-state index is 6.01. The Balaban J connectivity index is 2.20. The number of nitrogen functional groups attached to an aromatic ring is 1. The summed E-state index contributed by atoms with van der Waals surface area (Å²) >= 11 is 3.21. The van der Waals surface area contributed by atoms with Crippen molar-refractivity contribution in [3.8, 4) is 0 Å². The molecule has 3 rings (SSSR count). The summed E-state index contributed by atoms with van der Waals surface area (Å²) in [5.41, 5.74) is 3.91. The zero-order valence-corrected chi connectivity index (χ0v) is 13.5. The molecule has 0 saturated heterocycles. The van der Waals surface area contributed by atoms with Gasteiger partial charge in [0.15, 0.2) is 11.0 Å². The summed E-state index contributed by atoms with van der Waals surface area (Å²) in [7, 11) is 0. The molecule has 0 saturated carbocycles. The number of fused-ring (bicyclic) bond motifs is 3. The number of nitrogens with two attached hydrogens (primary N) is 1. The van der Waals surface area contributed by atoms with Gasteiger partial charge in [0.25, 0.3) is 0 Å². The van der Waals surface area contributed by atoms with E-state index in [9.17, 15) is 0 Å². The molecule has 108 valence electrons. The number of anilines is 1. The first-order chi connectivity index (χ1) is 9.60. The van der Waals surface area contributed by atoms with Gasteiger partial charge < -0.3 is 10.2 Å². The third kappa shape index (κ3) is 2.18. The van der Waals surface area contributed by atoms with Crippen LogP contribution in [0.5, 0.6) is 0 Å². The number of rotatable bonds is 3. The topological polar surface area (TPSA) is 73.1 Å². The molecular formula is C13H18N4OS2. The largest absolute Gasteiger partial charge is 0.369 e. The molecular weight excluding hydrogens is 292 g/mol. The molecule has 0 spiro atoms. The van der Waals surface area contributed by atoms with Crippen molar-refractivity contribution in [2.45, 2.75) is 44.1 Å². The van der Waals surface area contributed by atoms with Crippen LogP contribution in [-0.4, -0.2) is 21.8 Å². The van der Waals surface area contributed by atoms with Crippen LogP contribution in [0.4, 0.5) is 5.82 Å². The van der Waals surface area contributed by atoms with E-state index in [0.717, 1.165) is 34.0 Å². The minimum absolute atomic E-state index is 0.106. The molecule has 0 fully saturated rings. The van der Waals surface area contributed by atoms with Crippen LogP contribution in [0.25, 0.3) is 10.2 Å². The predicted octanol–water partition coefficient (Wildman–Crippen LogP) is 2.94. The Morgan fingerprint density at radius 2 is 2.30 bits per heavy atom. The van der Waals surface area contributed by atoms with E-state index in [1.165, 1.54) is 22.2 Å². The molecule has 0 amide bonds. The fourth-order valence-corrected chi connectivity index (χ4v) is 4.00. The molecule has 1 atom stereocenters. The summed E-state index contributed by atoms with van der Waals surface area (Å²) in [6.45, 7) is 4.97. The first-order valence-corrected chi connectivity index (χ1v) is 8.61. The van der Waals surface area contributed by atoms with Gasteiger partial charge in [0.1, 0.15) is 4.83 Å². The van der Waals surface area contributed by atoms with Crippen molar-refractivity contribution in [3.05, 3.63) is 10.4 Å². The molecule has 20 heavy (non-hydrogen) atoms. The molecule has 0 aliphatic carbocycles. The van der Waals surface area contributed by atoms with Crippen LogP contribution in [0.1, 0.15) is 30.7 Å². The van der Waals surface area contributed by atoms with Crippen molar-refractivity contribution in [2.75, 3.05) is 11.7 Å². The Labute approximate surface area is 126 Å². The number of hydrazine groups is 1. The van der Waals surface area contributed by atoms with Crippen LogP contribution in [0.2, 0.25) is 0 Å². The fourth-order valence-electron chi connectivity index (χ4n) is 2.48. The monoisotopic (exact) mass is 310 g/mol. The molecule has 2 aromatic heterocycles. The molecule has 0 bridgehead atoms. The number of aromatic nitrogens is 2. The Bertz CT molecular complexity index is 657. The van der Waals surface area contributed by atoms with E-state index in [1.54, 1.807) is 11.3 Å². The zero-order valence-electron chi connectivity index (χ0n) is 11.8. The number of thiophene rings is 1. The zero-order chi connectivity index (χ0) is 14.3. The average molecular weight is 310 g/mol. The standard InChI is InChI=1S/C13H18N4OS2/c1-4-13(2)5-7-8(6-18-13)20-11-9(7)10(17-14)15-12(16-11)19-3/h4-6,14H2,1-3H3,(H,15,16,17)/t13-/m1/s1. The molecule has 0 aromatic carbocycles. The van der Waals surface area contributed by atoms with E-state index in [4.69, 9.17) is 10.6 Å². The first kappa shape index (κ1) is 14.1. The molecule has 2 aromatic rings. The molecule has 3 heterocycles. The van der Waals surface area contributed by atoms with Gasteiger partial charge in [-0.25, -0.2) is 15.8 Å². The quantitative estimate of drug-likeness (QED) is 0.393. The highest BCUT2D eigenvalue weighted by molar-refractivity contribution is 7.98. The van der Waals surface area contributed by atoms with Crippen molar-refractivity contribution in [1.29, 1.82) is 0 Å². The lowest BCUT2D eigenvalue weighted by atomic mass is 9.90. The first-order valence-electron chi connectivity index (χ1n) is 6.57. The molecule has 3 N–H and O–H groups in total. The van der Waals surface area contributed by atoms with Crippen molar-refractivity contribution in [3.63, 3.8) is 0 Å². The van der Waals surface area contributed by atoms with Gasteiger partial charge in [-0.2, -0.15) is 0 Å². The van der Waals surface area contributed by atoms with Gasteiger partial charge >= 0.3 is 0 Å². The summed E-state index contributed by atoms with van der Waals surface area (Å²) in [5.74, 6) is 6.38. The molecule has 7 heteroatoms. The Morgan fingerprint density at radius 3 is 2.95 bits per heavy atom. The van der Waals surface area contributed by atoms with Gasteiger partial charge in [-0.3, -0.25) is 0 Å². The lowest BCUT2D eigenvalue weighted by Gasteiger charge is -2.33. The minimum atomic E-state index is -0.106. The number of hydrogen-bond acceptors (Lipinski definition) is 7. The van der Waals surface area contributed by atoms with Gasteiger partial charge in [-0.15, -0.1) is 11.3 Å². The summed E-state index contributed by atoms with van der Waals surface area (Å²) in [4.78, 5) is 11.3. The lowest BCUT2D eigenvalue weighted by molar-refractivity contribution is -0.0542. The summed E-state index contributed by atoms with van der Waals surface area (Å²) < 4.78 is 6.01. The average Bonchev–Trinajstić information content (AvgIpc) is 2.83. The predicted molar refractivity (Wildman–Crippen MR) is 84.2 cm³/mol. The van der Waals surface area contributed by atoms with Crippen molar-refractivity contribution in [2.24, 2.45) is 5.84 Å². The SMILES string of the molecule is CC[C@]1(C)Cc2c(sc3nc(SC)nc(NN)c23)CO1. The molecule has 1 aliphatic rings. The maximum absolute atomic E-state index is 6.01. The lowest BCUT2D eigenvalue weighted by Crippen LogP contribution is -2.34. The second-order valence-electron chi connectivity index (χ2n) is 5.16. The number of nitrogens with one attached hydrogen (secondary N) is 1. The van der Waals surface area contributed by atoms with Crippen LogP contribution < -0.4 is 11.3 Å². The van der Waals surface area contributed by atoms with E-state index in [-0.39, 0.29) is 5.60 Å². The molecule has 0 radical (unpaired) electrons. The van der Waals surface area contributed by atoms with Crippen LogP contribution in [0, 0.1) is 0 Å². The van der Waals surface area contributed by atoms with Crippen LogP contribution in [-0.2, 0) is 17.8 Å². The Kier molecular flexibility index (Phi) is 3.62. The molecule has 0 unspecified atom stereocenters. The number of hydrogen-bond donors (Lipinski definition) is 2. The number of nitrogens with zero attached hydrogens (tertiary/aromatic N) is 2. The smallest absolute Gasteiger partial charge is 0.190 e. The highest BCUT2D eigenvalue weighted by atomic mass is 32.2. The van der Waals surface area contributed by atoms with E-state index in [1.807, 2.05) is 6.26 Å². The van der Waals surface area contributed by atoms with Crippen LogP contribution >= 0.6 is 23.1 Å². The third-order valence-corrected chi connectivity index (χ3v) is 5.53. The summed E-state index contributed by atoms with van der Waals surface area (Å²) in [6.07, 6.45) is 3.83. The van der Waals surface area contributed by atoms with Crippen molar-refractivity contribution < 1.29 is 4.74 Å². The summed E-state index contributed by atoms with van der Waals surface area (Å²) in [6, 6.07) is 0. The highest BCUT2D eigenvalue weighted by Gasteiger charge is 2.33. The normalized spacial score (nSPS) is 22.0. The Hall–Kier alpha value is -0.890. The van der Waals surface area contributed by atoms with Gasteiger partial charge in [-0.05, 0) is 25.2 Å². The Morgan fingerprint density at radius 1 is 1.50 bits per heavy atom. The molecule has 1 aliphatic heterocycles. The minimum Gasteiger partial charge on any atom is -0.369 e. The van der Waals surface area contributed by atoms with E-state index in [2.05, 4.69) is 29.2 Å². The van der Waals surface area contributed by atoms with Gasteiger partial charge in [-0.1, -0.05) is 18.7 Å². The number of ether oxygens (including phenoxy) is 1.